The van der Waals surface area contributed by atoms with Gasteiger partial charge in [0.05, 0.1) is 22.9 Å². The highest BCUT2D eigenvalue weighted by Gasteiger charge is 2.16. The van der Waals surface area contributed by atoms with E-state index in [1.165, 1.54) is 61.1 Å². The van der Waals surface area contributed by atoms with Crippen LogP contribution in [-0.4, -0.2) is 21.9 Å². The van der Waals surface area contributed by atoms with Gasteiger partial charge in [-0.25, -0.2) is 4.68 Å². The van der Waals surface area contributed by atoms with Crippen LogP contribution in [0.1, 0.15) is 63.0 Å². The molecule has 0 saturated heterocycles. The summed E-state index contributed by atoms with van der Waals surface area (Å²) >= 11 is 1.50. The summed E-state index contributed by atoms with van der Waals surface area (Å²) in [5, 5.41) is 18.0. The van der Waals surface area contributed by atoms with Gasteiger partial charge in [-0.2, -0.15) is 5.10 Å². The molecule has 0 radical (unpaired) electrons. The lowest BCUT2D eigenvalue weighted by Gasteiger charge is -2.22. The Morgan fingerprint density at radius 2 is 1.76 bits per heavy atom. The Hall–Kier alpha value is -3.32. The van der Waals surface area contributed by atoms with Crippen LogP contribution in [0.15, 0.2) is 76.2 Å². The first kappa shape index (κ1) is 23.8. The zero-order chi connectivity index (χ0) is 24.1. The van der Waals surface area contributed by atoms with Crippen LogP contribution < -0.4 is 4.80 Å². The Bertz CT molecular complexity index is 1260. The number of rotatable bonds is 7. The standard InChI is InChI=1S/C27H30N4O2S/c1-19(2)17-28-27-30(26(18-34-27)24-13-15-25(16-14-24)31(32)33)29-20(3)21-9-11-23(12-10-21)22-7-5-4-6-8-22/h9-16,18,22H,1,4-8,17H2,2-3H3. The molecule has 7 heteroatoms. The van der Waals surface area contributed by atoms with Gasteiger partial charge in [-0.1, -0.05) is 55.7 Å². The second-order valence-electron chi connectivity index (χ2n) is 8.93. The van der Waals surface area contributed by atoms with Gasteiger partial charge in [0, 0.05) is 23.1 Å². The number of aromatic nitrogens is 1. The van der Waals surface area contributed by atoms with Crippen molar-refractivity contribution in [2.24, 2.45) is 10.1 Å². The molecule has 2 aromatic carbocycles. The van der Waals surface area contributed by atoms with E-state index in [-0.39, 0.29) is 5.69 Å². The first-order valence-corrected chi connectivity index (χ1v) is 12.6. The first-order valence-electron chi connectivity index (χ1n) is 11.7. The average molecular weight is 475 g/mol. The zero-order valence-electron chi connectivity index (χ0n) is 19.7. The molecule has 1 aromatic heterocycles. The molecule has 34 heavy (non-hydrogen) atoms. The van der Waals surface area contributed by atoms with E-state index in [1.54, 1.807) is 12.1 Å². The van der Waals surface area contributed by atoms with E-state index in [4.69, 9.17) is 5.10 Å². The molecule has 3 aromatic rings. The lowest BCUT2D eigenvalue weighted by molar-refractivity contribution is -0.384. The highest BCUT2D eigenvalue weighted by atomic mass is 32.1. The number of nitrogens with zero attached hydrogens (tertiary/aromatic N) is 4. The minimum atomic E-state index is -0.391. The molecule has 1 fully saturated rings. The van der Waals surface area contributed by atoms with Crippen molar-refractivity contribution in [1.29, 1.82) is 0 Å². The van der Waals surface area contributed by atoms with Crippen molar-refractivity contribution in [1.82, 2.24) is 4.68 Å². The zero-order valence-corrected chi connectivity index (χ0v) is 20.6. The quantitative estimate of drug-likeness (QED) is 0.161. The van der Waals surface area contributed by atoms with Crippen LogP contribution in [0.4, 0.5) is 5.69 Å². The normalized spacial score (nSPS) is 15.5. The minimum Gasteiger partial charge on any atom is -0.258 e. The Morgan fingerprint density at radius 1 is 1.09 bits per heavy atom. The summed E-state index contributed by atoms with van der Waals surface area (Å²) in [5.74, 6) is 0.674. The minimum absolute atomic E-state index is 0.0652. The predicted octanol–water partition coefficient (Wildman–Crippen LogP) is 6.92. The molecular formula is C27H30N4O2S. The Morgan fingerprint density at radius 3 is 2.38 bits per heavy atom. The number of hydrogen-bond acceptors (Lipinski definition) is 5. The number of thiazole rings is 1. The van der Waals surface area contributed by atoms with Crippen LogP contribution in [0.2, 0.25) is 0 Å². The Kier molecular flexibility index (Phi) is 7.53. The fraction of sp³-hybridized carbons (Fsp3) is 0.333. The molecule has 0 spiro atoms. The maximum atomic E-state index is 11.1. The Labute approximate surface area is 204 Å². The third-order valence-electron chi connectivity index (χ3n) is 6.20. The molecule has 1 aliphatic rings. The molecule has 0 aliphatic heterocycles. The monoisotopic (exact) mass is 474 g/mol. The van der Waals surface area contributed by atoms with E-state index in [0.29, 0.717) is 12.5 Å². The molecule has 1 saturated carbocycles. The summed E-state index contributed by atoms with van der Waals surface area (Å²) in [5.41, 5.74) is 6.10. The maximum absolute atomic E-state index is 11.1. The molecule has 176 valence electrons. The molecule has 1 aliphatic carbocycles. The van der Waals surface area contributed by atoms with Crippen molar-refractivity contribution in [3.8, 4) is 11.3 Å². The molecule has 6 nitrogen and oxygen atoms in total. The largest absolute Gasteiger partial charge is 0.269 e. The van der Waals surface area contributed by atoms with Crippen LogP contribution >= 0.6 is 11.3 Å². The van der Waals surface area contributed by atoms with E-state index in [9.17, 15) is 10.1 Å². The molecule has 4 rings (SSSR count). The van der Waals surface area contributed by atoms with E-state index in [1.807, 2.05) is 23.9 Å². The summed E-state index contributed by atoms with van der Waals surface area (Å²) in [6.07, 6.45) is 6.56. The number of non-ortho nitro benzene ring substituents is 1. The lowest BCUT2D eigenvalue weighted by atomic mass is 9.84. The van der Waals surface area contributed by atoms with Crippen LogP contribution in [0.3, 0.4) is 0 Å². The summed E-state index contributed by atoms with van der Waals surface area (Å²) in [6, 6.07) is 15.3. The fourth-order valence-electron chi connectivity index (χ4n) is 4.30. The molecule has 0 amide bonds. The molecular weight excluding hydrogens is 444 g/mol. The van der Waals surface area contributed by atoms with Crippen LogP contribution in [0.5, 0.6) is 0 Å². The summed E-state index contributed by atoms with van der Waals surface area (Å²) in [7, 11) is 0. The third kappa shape index (κ3) is 5.59. The molecule has 0 atom stereocenters. The topological polar surface area (TPSA) is 72.8 Å². The summed E-state index contributed by atoms with van der Waals surface area (Å²) in [4.78, 5) is 16.1. The van der Waals surface area contributed by atoms with Crippen LogP contribution in [0, 0.1) is 10.1 Å². The van der Waals surface area contributed by atoms with E-state index in [2.05, 4.69) is 35.8 Å². The summed E-state index contributed by atoms with van der Waals surface area (Å²) in [6.45, 7) is 8.41. The average Bonchev–Trinajstić information content (AvgIpc) is 3.25. The van der Waals surface area contributed by atoms with Crippen LogP contribution in [-0.2, 0) is 0 Å². The second-order valence-corrected chi connectivity index (χ2v) is 9.77. The van der Waals surface area contributed by atoms with E-state index < -0.39 is 4.92 Å². The smallest absolute Gasteiger partial charge is 0.258 e. The van der Waals surface area contributed by atoms with Gasteiger partial charge >= 0.3 is 0 Å². The van der Waals surface area contributed by atoms with E-state index >= 15 is 0 Å². The number of nitro groups is 1. The van der Waals surface area contributed by atoms with Gasteiger partial charge in [0.2, 0.25) is 4.80 Å². The van der Waals surface area contributed by atoms with Gasteiger partial charge in [-0.3, -0.25) is 15.1 Å². The van der Waals surface area contributed by atoms with Gasteiger partial charge in [-0.05, 0) is 55.9 Å². The van der Waals surface area contributed by atoms with Crippen molar-refractivity contribution in [2.45, 2.75) is 51.9 Å². The van der Waals surface area contributed by atoms with Gasteiger partial charge in [-0.15, -0.1) is 11.3 Å². The predicted molar refractivity (Wildman–Crippen MR) is 140 cm³/mol. The van der Waals surface area contributed by atoms with Crippen molar-refractivity contribution in [3.63, 3.8) is 0 Å². The summed E-state index contributed by atoms with van der Waals surface area (Å²) < 4.78 is 1.83. The number of nitro benzene ring substituents is 1. The molecule has 0 N–H and O–H groups in total. The lowest BCUT2D eigenvalue weighted by Crippen LogP contribution is -2.15. The van der Waals surface area contributed by atoms with Crippen molar-refractivity contribution in [3.05, 3.63) is 92.1 Å². The van der Waals surface area contributed by atoms with Gasteiger partial charge in [0.1, 0.15) is 0 Å². The first-order chi connectivity index (χ1) is 16.4. The van der Waals surface area contributed by atoms with Crippen molar-refractivity contribution < 1.29 is 4.92 Å². The highest BCUT2D eigenvalue weighted by molar-refractivity contribution is 7.07. The SMILES string of the molecule is C=C(C)CN=c1scc(-c2ccc([N+](=O)[O-])cc2)n1N=C(C)c1ccc(C2CCCCC2)cc1. The van der Waals surface area contributed by atoms with E-state index in [0.717, 1.165) is 32.9 Å². The van der Waals surface area contributed by atoms with Crippen molar-refractivity contribution >= 4 is 22.7 Å². The molecule has 0 unspecified atom stereocenters. The number of hydrogen-bond donors (Lipinski definition) is 0. The van der Waals surface area contributed by atoms with Gasteiger partial charge < -0.3 is 0 Å². The molecule has 1 heterocycles. The fourth-order valence-corrected chi connectivity index (χ4v) is 5.13. The van der Waals surface area contributed by atoms with Gasteiger partial charge in [0.25, 0.3) is 5.69 Å². The second kappa shape index (κ2) is 10.7. The highest BCUT2D eigenvalue weighted by Crippen LogP contribution is 2.32. The molecule has 0 bridgehead atoms. The maximum Gasteiger partial charge on any atom is 0.269 e. The van der Waals surface area contributed by atoms with Crippen molar-refractivity contribution in [2.75, 3.05) is 6.54 Å². The third-order valence-corrected chi connectivity index (χ3v) is 7.05. The number of benzene rings is 2. The Balaban J connectivity index is 1.69. The van der Waals surface area contributed by atoms with Crippen LogP contribution in [0.25, 0.3) is 11.3 Å². The van der Waals surface area contributed by atoms with Gasteiger partial charge in [0.15, 0.2) is 0 Å².